The largest absolute Gasteiger partial charge is 0.469 e. The molecule has 6 aliphatic heterocycles. The summed E-state index contributed by atoms with van der Waals surface area (Å²) in [5.74, 6) is -11.9. The van der Waals surface area contributed by atoms with E-state index < -0.39 is 294 Å². The van der Waals surface area contributed by atoms with Gasteiger partial charge in [-0.15, -0.1) is 0 Å². The zero-order valence-electron chi connectivity index (χ0n) is 77.1. The Kier molecular flexibility index (Phi) is 51.4. The van der Waals surface area contributed by atoms with E-state index >= 15 is 0 Å². The average Bonchev–Trinajstić information content (AvgIpc) is 0.781. The Morgan fingerprint density at radius 3 is 0.917 bits per heavy atom. The predicted molar refractivity (Wildman–Crippen MR) is 483 cm³/mol. The predicted octanol–water partition coefficient (Wildman–Crippen LogP) is 1.60. The Morgan fingerprint density at radius 2 is 0.621 bits per heavy atom. The molecule has 132 heavy (non-hydrogen) atoms. The van der Waals surface area contributed by atoms with E-state index in [1.807, 2.05) is 74.6 Å². The molecule has 0 radical (unpaired) electrons. The van der Waals surface area contributed by atoms with Gasteiger partial charge in [-0.25, -0.2) is 0 Å². The zero-order chi connectivity index (χ0) is 98.3. The molecule has 24 N–H and O–H groups in total. The van der Waals surface area contributed by atoms with Crippen molar-refractivity contribution in [2.45, 2.75) is 353 Å². The van der Waals surface area contributed by atoms with E-state index in [2.05, 4.69) is 0 Å². The molecule has 0 aromatic carbocycles. The van der Waals surface area contributed by atoms with Crippen molar-refractivity contribution in [1.82, 2.24) is 0 Å². The molecule has 0 aromatic heterocycles. The van der Waals surface area contributed by atoms with Crippen LogP contribution < -0.4 is 11.5 Å². The number of carbonyl (C=O) groups is 4. The standard InChI is InChI=1S/2C48H75NO17/c2*1-28-18-16-14-12-10-8-6-7-9-11-13-15-17-19-35(65-47-45(59)42(49)44(58)31(4)64-47)25-39-41(46(60)62-5)38(55)27-48(61,66-39)26-34(52)23-37(54)36(53)21-20-32(50)22-33(51)24-40(56)63-30(3)29(2)43(28)57/h2*6-19,28-39,41-45,47,50-55,57-59,61H,20-27,49H2,1-5H3/b2*7-6+,10-8+,11-9+,14-12+,15-13+,18-16+,19-17+/t28-,29-,30-,31?,32+,33+,34-,35-,36+,37+,38-,39-,41+,42?,43+,44?,45?,47?,48+;/m0./s1. The van der Waals surface area contributed by atoms with Crippen LogP contribution in [0.5, 0.6) is 0 Å². The molecule has 748 valence electrons. The van der Waals surface area contributed by atoms with Crippen molar-refractivity contribution in [2.24, 2.45) is 47.0 Å². The summed E-state index contributed by atoms with van der Waals surface area (Å²) in [6.45, 7) is 13.6. The van der Waals surface area contributed by atoms with E-state index in [0.29, 0.717) is 0 Å². The first kappa shape index (κ1) is 116. The topological polar surface area (TPSA) is 617 Å². The molecule has 36 heteroatoms. The highest BCUT2D eigenvalue weighted by molar-refractivity contribution is 5.74. The molecule has 36 nitrogen and oxygen atoms in total. The minimum absolute atomic E-state index is 0.0949. The van der Waals surface area contributed by atoms with E-state index in [4.69, 9.17) is 58.8 Å². The average molecular weight is 1880 g/mol. The molecule has 6 rings (SSSR count). The van der Waals surface area contributed by atoms with Crippen LogP contribution in [-0.2, 0) is 66.5 Å². The van der Waals surface area contributed by atoms with Gasteiger partial charge in [-0.05, 0) is 66.2 Å². The molecule has 0 amide bonds. The number of hydrogen-bond acceptors (Lipinski definition) is 36. The highest BCUT2D eigenvalue weighted by atomic mass is 16.7. The fourth-order valence-electron chi connectivity index (χ4n) is 16.2. The molecule has 38 atom stereocenters. The SMILES string of the molecule is COC(=O)C1C(O)CC2(O)CC(O)CC(O)C(O)CCC(O)CC(O)CC(=O)OC(C)C(C)C(O)C(C)/C=C/C=C/C=C/C=C/C=C/C=C/C=C/C(OC3OC(C)C(O)C(N)C3O)CC1O2.COC(=O)[C@H]1[C@@H]2C[C@@H](OC3OC(C)C(O)C(N)C3O)/C=C/C=C/C=C/C=C/C=C/C=C/C=C/[C@H](C)[C@@H](O)[C@@H](C)[C@H](C)OC(=O)C[C@H](O)C[C@H](O)CC[C@@H](O)[C@H](O)C[C@H](O)C[C@](O)(C[C@@H]1O)O2. The van der Waals surface area contributed by atoms with Crippen LogP contribution in [0.25, 0.3) is 0 Å². The number of aliphatic hydroxyl groups is 20. The van der Waals surface area contributed by atoms with Gasteiger partial charge >= 0.3 is 23.9 Å². The highest BCUT2D eigenvalue weighted by Crippen LogP contribution is 2.41. The maximum Gasteiger partial charge on any atom is 0.313 e. The molecular weight excluding hydrogens is 1730 g/mol. The molecule has 0 aliphatic carbocycles. The molecule has 6 aliphatic rings. The number of nitrogens with two attached hydrogens (primary N) is 2. The Labute approximate surface area is 773 Å². The summed E-state index contributed by atoms with van der Waals surface area (Å²) in [5.41, 5.74) is 12.1. The number of hydrogen-bond donors (Lipinski definition) is 22. The summed E-state index contributed by atoms with van der Waals surface area (Å²) in [6, 6.07) is -2.26. The van der Waals surface area contributed by atoms with E-state index in [-0.39, 0.29) is 63.2 Å². The number of allylic oxidation sites excluding steroid dienone is 24. The van der Waals surface area contributed by atoms with Crippen molar-refractivity contribution in [3.05, 3.63) is 170 Å². The lowest BCUT2D eigenvalue weighted by Crippen LogP contribution is -2.61. The van der Waals surface area contributed by atoms with Crippen LogP contribution in [0.1, 0.15) is 158 Å². The van der Waals surface area contributed by atoms with Gasteiger partial charge in [0.05, 0.1) is 173 Å². The van der Waals surface area contributed by atoms with Crippen molar-refractivity contribution in [3.8, 4) is 0 Å². The van der Waals surface area contributed by atoms with Crippen LogP contribution in [0.2, 0.25) is 0 Å². The fourth-order valence-corrected chi connectivity index (χ4v) is 16.2. The number of fused-ring (bicyclic) bond motifs is 4. The van der Waals surface area contributed by atoms with Crippen molar-refractivity contribution in [3.63, 3.8) is 0 Å². The first-order chi connectivity index (χ1) is 62.3. The third-order valence-corrected chi connectivity index (χ3v) is 24.4. The highest BCUT2D eigenvalue weighted by Gasteiger charge is 2.54. The number of cyclic esters (lactones) is 2. The smallest absolute Gasteiger partial charge is 0.313 e. The quantitative estimate of drug-likeness (QED) is 0.133. The van der Waals surface area contributed by atoms with E-state index in [9.17, 15) is 121 Å². The summed E-state index contributed by atoms with van der Waals surface area (Å²) in [4.78, 5) is 51.4. The normalized spacial score (nSPS) is 44.9. The second-order valence-electron chi connectivity index (χ2n) is 35.5. The van der Waals surface area contributed by atoms with Crippen molar-refractivity contribution >= 4 is 23.9 Å². The first-order valence-corrected chi connectivity index (χ1v) is 45.4. The van der Waals surface area contributed by atoms with E-state index in [1.54, 1.807) is 151 Å². The summed E-state index contributed by atoms with van der Waals surface area (Å²) in [6.07, 6.45) is 9.01. The van der Waals surface area contributed by atoms with E-state index in [0.717, 1.165) is 14.2 Å². The number of aliphatic hydroxyl groups excluding tert-OH is 18. The minimum Gasteiger partial charge on any atom is -0.469 e. The molecule has 4 bridgehead atoms. The fraction of sp³-hybridized carbons (Fsp3) is 0.667. The van der Waals surface area contributed by atoms with Crippen LogP contribution in [-0.4, -0.2) is 335 Å². The van der Waals surface area contributed by atoms with Gasteiger partial charge in [0.1, 0.15) is 36.3 Å². The lowest BCUT2D eigenvalue weighted by atomic mass is 9.82. The first-order valence-electron chi connectivity index (χ1n) is 45.4. The van der Waals surface area contributed by atoms with Gasteiger partial charge in [-0.3, -0.25) is 19.2 Å². The lowest BCUT2D eigenvalue weighted by Gasteiger charge is -2.45. The monoisotopic (exact) mass is 1880 g/mol. The van der Waals surface area contributed by atoms with Crippen LogP contribution in [0.4, 0.5) is 0 Å². The van der Waals surface area contributed by atoms with Gasteiger partial charge in [0.15, 0.2) is 24.2 Å². The molecule has 6 heterocycles. The summed E-state index contributed by atoms with van der Waals surface area (Å²) in [7, 11) is 2.23. The van der Waals surface area contributed by atoms with Gasteiger partial charge in [0.2, 0.25) is 0 Å². The molecular formula is C96H150N2O34. The van der Waals surface area contributed by atoms with Crippen molar-refractivity contribution in [1.29, 1.82) is 0 Å². The van der Waals surface area contributed by atoms with Gasteiger partial charge in [-0.2, -0.15) is 0 Å². The van der Waals surface area contributed by atoms with Crippen LogP contribution in [0, 0.1) is 35.5 Å². The zero-order valence-corrected chi connectivity index (χ0v) is 77.1. The second kappa shape index (κ2) is 58.6. The van der Waals surface area contributed by atoms with Crippen LogP contribution in [0.15, 0.2) is 170 Å². The second-order valence-corrected chi connectivity index (χ2v) is 35.5. The Balaban J connectivity index is 0.000000467. The molecule has 0 saturated carbocycles. The molecule has 0 aromatic rings. The number of esters is 4. The Morgan fingerprint density at radius 1 is 0.333 bits per heavy atom. The lowest BCUT2D eigenvalue weighted by molar-refractivity contribution is -0.309. The minimum atomic E-state index is -2.27. The maximum atomic E-state index is 13.1. The molecule has 24 unspecified atom stereocenters. The number of ether oxygens (including phenoxy) is 10. The van der Waals surface area contributed by atoms with Gasteiger partial charge < -0.3 is 161 Å². The molecule has 0 spiro atoms. The van der Waals surface area contributed by atoms with Gasteiger partial charge in [-0.1, -0.05) is 198 Å². The number of carbonyl (C=O) groups excluding carboxylic acids is 4. The Hall–Kier alpha value is -6.88. The molecule has 4 saturated heterocycles. The van der Waals surface area contributed by atoms with Crippen molar-refractivity contribution < 1.29 is 169 Å². The van der Waals surface area contributed by atoms with Crippen LogP contribution >= 0.6 is 0 Å². The summed E-state index contributed by atoms with van der Waals surface area (Å²) < 4.78 is 56.8. The Bertz CT molecular complexity index is 3610. The summed E-state index contributed by atoms with van der Waals surface area (Å²) in [5, 5.41) is 217. The third-order valence-electron chi connectivity index (χ3n) is 24.4. The maximum absolute atomic E-state index is 13.1. The number of rotatable bonds is 6. The van der Waals surface area contributed by atoms with Gasteiger partial charge in [0, 0.05) is 75.0 Å². The molecule has 4 fully saturated rings. The van der Waals surface area contributed by atoms with Gasteiger partial charge in [0.25, 0.3) is 0 Å². The van der Waals surface area contributed by atoms with Crippen LogP contribution in [0.3, 0.4) is 0 Å². The summed E-state index contributed by atoms with van der Waals surface area (Å²) >= 11 is 0. The number of methoxy groups -OCH3 is 2. The van der Waals surface area contributed by atoms with Crippen molar-refractivity contribution in [2.75, 3.05) is 14.2 Å². The third kappa shape index (κ3) is 39.7. The van der Waals surface area contributed by atoms with E-state index in [1.165, 1.54) is 0 Å².